The Morgan fingerprint density at radius 2 is 1.89 bits per heavy atom. The summed E-state index contributed by atoms with van der Waals surface area (Å²) < 4.78 is 63.1. The zero-order valence-corrected chi connectivity index (χ0v) is 16.6. The summed E-state index contributed by atoms with van der Waals surface area (Å²) in [5.41, 5.74) is -3.77. The van der Waals surface area contributed by atoms with Crippen molar-refractivity contribution in [2.75, 3.05) is 11.8 Å². The van der Waals surface area contributed by atoms with Crippen LogP contribution in [0.1, 0.15) is 56.6 Å². The smallest absolute Gasteiger partial charge is 0.297 e. The van der Waals surface area contributed by atoms with Gasteiger partial charge in [0.25, 0.3) is 0 Å². The van der Waals surface area contributed by atoms with Crippen LogP contribution in [-0.2, 0) is 10.0 Å². The van der Waals surface area contributed by atoms with Crippen LogP contribution >= 0.6 is 0 Å². The van der Waals surface area contributed by atoms with Crippen LogP contribution in [0.15, 0.2) is 23.3 Å². The summed E-state index contributed by atoms with van der Waals surface area (Å²) in [6, 6.07) is 4.86. The maximum Gasteiger partial charge on any atom is 0.516 e. The van der Waals surface area contributed by atoms with Crippen molar-refractivity contribution in [2.45, 2.75) is 63.9 Å². The van der Waals surface area contributed by atoms with Gasteiger partial charge >= 0.3 is 15.5 Å². The van der Waals surface area contributed by atoms with E-state index in [-0.39, 0.29) is 5.69 Å². The van der Waals surface area contributed by atoms with Crippen LogP contribution < -0.4 is 4.72 Å². The fourth-order valence-electron chi connectivity index (χ4n) is 3.23. The lowest BCUT2D eigenvalue weighted by molar-refractivity contribution is -0.0429. The molecule has 1 aromatic rings. The highest BCUT2D eigenvalue weighted by atomic mass is 32.2. The Labute approximate surface area is 158 Å². The Balaban J connectivity index is 2.39. The summed E-state index contributed by atoms with van der Waals surface area (Å²) in [5.74, 6) is 0. The van der Waals surface area contributed by atoms with Crippen molar-refractivity contribution >= 4 is 21.4 Å². The van der Waals surface area contributed by atoms with E-state index in [1.165, 1.54) is 12.5 Å². The molecule has 1 N–H and O–H groups in total. The molecule has 0 radical (unpaired) electrons. The van der Waals surface area contributed by atoms with E-state index in [0.29, 0.717) is 23.7 Å². The van der Waals surface area contributed by atoms with Gasteiger partial charge in [0, 0.05) is 18.7 Å². The molecule has 0 unspecified atom stereocenters. The second-order valence-electron chi connectivity index (χ2n) is 6.87. The summed E-state index contributed by atoms with van der Waals surface area (Å²) in [6.45, 7) is 3.64. The Morgan fingerprint density at radius 1 is 1.26 bits per heavy atom. The first kappa shape index (κ1) is 21.5. The highest BCUT2D eigenvalue weighted by Gasteiger charge is 2.46. The van der Waals surface area contributed by atoms with Gasteiger partial charge in [-0.3, -0.25) is 9.73 Å². The lowest BCUT2D eigenvalue weighted by Crippen LogP contribution is -2.31. The van der Waals surface area contributed by atoms with Gasteiger partial charge < -0.3 is 0 Å². The molecule has 1 fully saturated rings. The number of hydrazone groups is 1. The molecule has 9 heteroatoms. The van der Waals surface area contributed by atoms with Crippen molar-refractivity contribution in [1.29, 1.82) is 0 Å². The molecule has 152 valence electrons. The largest absolute Gasteiger partial charge is 0.516 e. The van der Waals surface area contributed by atoms with Crippen molar-refractivity contribution in [3.63, 3.8) is 0 Å². The topological polar surface area (TPSA) is 61.8 Å². The molecular formula is C18H26F3N3O2S. The number of alkyl halides is 3. The van der Waals surface area contributed by atoms with Crippen LogP contribution in [0.25, 0.3) is 0 Å². The molecule has 0 saturated heterocycles. The first-order valence-electron chi connectivity index (χ1n) is 9.05. The molecule has 0 aromatic heterocycles. The third-order valence-electron chi connectivity index (χ3n) is 4.75. The van der Waals surface area contributed by atoms with E-state index >= 15 is 0 Å². The fraction of sp³-hybridized carbons (Fsp3) is 0.611. The van der Waals surface area contributed by atoms with Crippen molar-refractivity contribution < 1.29 is 21.6 Å². The Kier molecular flexibility index (Phi) is 6.77. The Hall–Kier alpha value is -1.77. The third-order valence-corrected chi connectivity index (χ3v) is 5.85. The standard InChI is InChI=1S/C18H26F3N3O2S/c1-4-16(22-24(3)14-8-6-5-7-9-14)15-12-13(2)10-11-17(15)23-27(25,26)18(19,20)21/h10-12,14,23H,4-9H2,1-3H3/b22-16+. The molecule has 27 heavy (non-hydrogen) atoms. The van der Waals surface area contributed by atoms with Gasteiger partial charge in [-0.25, -0.2) is 0 Å². The van der Waals surface area contributed by atoms with Crippen molar-refractivity contribution in [3.8, 4) is 0 Å². The van der Waals surface area contributed by atoms with Gasteiger partial charge in [0.2, 0.25) is 0 Å². The summed E-state index contributed by atoms with van der Waals surface area (Å²) in [4.78, 5) is 0. The van der Waals surface area contributed by atoms with Crippen molar-refractivity contribution in [3.05, 3.63) is 29.3 Å². The zero-order chi connectivity index (χ0) is 20.2. The number of nitrogens with one attached hydrogen (secondary N) is 1. The van der Waals surface area contributed by atoms with Crippen molar-refractivity contribution in [2.24, 2.45) is 5.10 Å². The quantitative estimate of drug-likeness (QED) is 0.554. The normalized spacial score (nSPS) is 17.0. The number of anilines is 1. The average molecular weight is 405 g/mol. The second kappa shape index (κ2) is 8.50. The van der Waals surface area contributed by atoms with E-state index in [1.54, 1.807) is 23.8 Å². The number of hydrogen-bond acceptors (Lipinski definition) is 4. The lowest BCUT2D eigenvalue weighted by atomic mass is 9.95. The van der Waals surface area contributed by atoms with Gasteiger partial charge in [0.1, 0.15) is 0 Å². The molecule has 0 aliphatic heterocycles. The van der Waals surface area contributed by atoms with Crippen molar-refractivity contribution in [1.82, 2.24) is 5.01 Å². The first-order chi connectivity index (χ1) is 12.5. The van der Waals surface area contributed by atoms with Crippen LogP contribution in [0.3, 0.4) is 0 Å². The van der Waals surface area contributed by atoms with Crippen LogP contribution in [0.2, 0.25) is 0 Å². The summed E-state index contributed by atoms with van der Waals surface area (Å²) in [7, 11) is -3.63. The molecule has 5 nitrogen and oxygen atoms in total. The summed E-state index contributed by atoms with van der Waals surface area (Å²) in [5, 5.41) is 6.48. The molecule has 0 heterocycles. The molecule has 0 amide bonds. The molecule has 1 aromatic carbocycles. The van der Waals surface area contributed by atoms with Gasteiger partial charge in [-0.05, 0) is 38.3 Å². The maximum atomic E-state index is 12.8. The number of rotatable bonds is 6. The highest BCUT2D eigenvalue weighted by Crippen LogP contribution is 2.29. The van der Waals surface area contributed by atoms with Gasteiger partial charge in [0.05, 0.1) is 11.4 Å². The number of nitrogens with zero attached hydrogens (tertiary/aromatic N) is 2. The van der Waals surface area contributed by atoms with Gasteiger partial charge in [0.15, 0.2) is 0 Å². The highest BCUT2D eigenvalue weighted by molar-refractivity contribution is 7.93. The maximum absolute atomic E-state index is 12.8. The number of sulfonamides is 1. The van der Waals surface area contributed by atoms with Gasteiger partial charge in [-0.2, -0.15) is 26.7 Å². The monoisotopic (exact) mass is 405 g/mol. The minimum atomic E-state index is -5.50. The van der Waals surface area contributed by atoms with E-state index in [9.17, 15) is 21.6 Å². The van der Waals surface area contributed by atoms with Crippen LogP contribution in [0.5, 0.6) is 0 Å². The minimum absolute atomic E-state index is 0.115. The van der Waals surface area contributed by atoms with E-state index in [0.717, 1.165) is 31.2 Å². The molecule has 2 rings (SSSR count). The van der Waals surface area contributed by atoms with E-state index in [4.69, 9.17) is 0 Å². The molecule has 0 spiro atoms. The van der Waals surface area contributed by atoms with Gasteiger partial charge in [-0.1, -0.05) is 37.8 Å². The zero-order valence-electron chi connectivity index (χ0n) is 15.8. The van der Waals surface area contributed by atoms with Crippen LogP contribution in [0.4, 0.5) is 18.9 Å². The number of aryl methyl sites for hydroxylation is 1. The molecular weight excluding hydrogens is 379 g/mol. The Morgan fingerprint density at radius 3 is 2.44 bits per heavy atom. The number of hydrogen-bond donors (Lipinski definition) is 1. The fourth-order valence-corrected chi connectivity index (χ4v) is 3.81. The predicted molar refractivity (Wildman–Crippen MR) is 101 cm³/mol. The Bertz CT molecular complexity index is 786. The van der Waals surface area contributed by atoms with Gasteiger partial charge in [-0.15, -0.1) is 0 Å². The molecule has 0 bridgehead atoms. The first-order valence-corrected chi connectivity index (χ1v) is 10.5. The second-order valence-corrected chi connectivity index (χ2v) is 8.54. The lowest BCUT2D eigenvalue weighted by Gasteiger charge is -2.30. The molecule has 1 saturated carbocycles. The predicted octanol–water partition coefficient (Wildman–Crippen LogP) is 4.64. The average Bonchev–Trinajstić information content (AvgIpc) is 2.60. The third kappa shape index (κ3) is 5.37. The molecule has 1 aliphatic carbocycles. The minimum Gasteiger partial charge on any atom is -0.297 e. The number of benzene rings is 1. The van der Waals surface area contributed by atoms with Crippen LogP contribution in [0, 0.1) is 6.92 Å². The SMILES string of the molecule is CC/C(=N\N(C)C1CCCCC1)c1cc(C)ccc1NS(=O)(=O)C(F)(F)F. The summed E-state index contributed by atoms with van der Waals surface area (Å²) in [6.07, 6.45) is 5.98. The molecule has 1 aliphatic rings. The van der Waals surface area contributed by atoms with E-state index in [1.807, 2.05) is 19.0 Å². The van der Waals surface area contributed by atoms with E-state index < -0.39 is 15.5 Å². The van der Waals surface area contributed by atoms with Crippen LogP contribution in [-0.4, -0.2) is 37.7 Å². The molecule has 0 atom stereocenters. The summed E-state index contributed by atoms with van der Waals surface area (Å²) >= 11 is 0. The van der Waals surface area contributed by atoms with E-state index in [2.05, 4.69) is 5.10 Å². The number of halogens is 3.